The number of anilines is 1. The number of halogens is 1. The fourth-order valence-electron chi connectivity index (χ4n) is 2.40. The normalized spacial score (nSPS) is 18.3. The van der Waals surface area contributed by atoms with E-state index in [0.29, 0.717) is 18.9 Å². The fourth-order valence-corrected chi connectivity index (χ4v) is 2.40. The van der Waals surface area contributed by atoms with Crippen molar-refractivity contribution in [1.29, 1.82) is 0 Å². The third-order valence-corrected chi connectivity index (χ3v) is 3.47. The van der Waals surface area contributed by atoms with E-state index < -0.39 is 5.82 Å². The van der Waals surface area contributed by atoms with Crippen molar-refractivity contribution < 1.29 is 13.9 Å². The zero-order valence-electron chi connectivity index (χ0n) is 12.3. The van der Waals surface area contributed by atoms with E-state index >= 15 is 0 Å². The average Bonchev–Trinajstić information content (AvgIpc) is 2.50. The molecule has 1 atom stereocenters. The maximum absolute atomic E-state index is 13.3. The Labute approximate surface area is 124 Å². The highest BCUT2D eigenvalue weighted by Crippen LogP contribution is 2.16. The summed E-state index contributed by atoms with van der Waals surface area (Å²) in [5, 5.41) is 5.77. The van der Waals surface area contributed by atoms with Gasteiger partial charge in [-0.15, -0.1) is 0 Å². The molecule has 21 heavy (non-hydrogen) atoms. The van der Waals surface area contributed by atoms with Crippen molar-refractivity contribution in [3.63, 3.8) is 0 Å². The highest BCUT2D eigenvalue weighted by Gasteiger charge is 2.16. The smallest absolute Gasteiger partial charge is 0.255 e. The predicted molar refractivity (Wildman–Crippen MR) is 78.9 cm³/mol. The molecule has 2 N–H and O–H groups in total. The quantitative estimate of drug-likeness (QED) is 0.845. The molecule has 0 aromatic carbocycles. The molecule has 5 nitrogen and oxygen atoms in total. The molecule has 2 heterocycles. The van der Waals surface area contributed by atoms with E-state index in [-0.39, 0.29) is 17.6 Å². The van der Waals surface area contributed by atoms with Gasteiger partial charge < -0.3 is 15.4 Å². The van der Waals surface area contributed by atoms with E-state index in [0.717, 1.165) is 32.1 Å². The molecule has 0 spiro atoms. The molecule has 0 saturated carbocycles. The average molecular weight is 295 g/mol. The molecule has 1 aromatic rings. The monoisotopic (exact) mass is 295 g/mol. The van der Waals surface area contributed by atoms with Gasteiger partial charge in [0.1, 0.15) is 11.6 Å². The van der Waals surface area contributed by atoms with Crippen LogP contribution in [0.5, 0.6) is 0 Å². The number of nitrogens with zero attached hydrogens (tertiary/aromatic N) is 1. The summed E-state index contributed by atoms with van der Waals surface area (Å²) >= 11 is 0. The molecule has 1 amide bonds. The Morgan fingerprint density at radius 1 is 1.52 bits per heavy atom. The first-order chi connectivity index (χ1) is 10.2. The summed E-state index contributed by atoms with van der Waals surface area (Å²) in [4.78, 5) is 16.1. The minimum Gasteiger partial charge on any atom is -0.378 e. The lowest BCUT2D eigenvalue weighted by atomic mass is 10.1. The topological polar surface area (TPSA) is 63.2 Å². The van der Waals surface area contributed by atoms with Crippen molar-refractivity contribution >= 4 is 11.7 Å². The van der Waals surface area contributed by atoms with Crippen LogP contribution in [0.25, 0.3) is 0 Å². The summed E-state index contributed by atoms with van der Waals surface area (Å²) in [6.45, 7) is 3.84. The van der Waals surface area contributed by atoms with Crippen LogP contribution in [-0.4, -0.2) is 36.7 Å². The minimum absolute atomic E-state index is 0.220. The summed E-state index contributed by atoms with van der Waals surface area (Å²) in [6.07, 6.45) is 5.44. The first-order valence-corrected chi connectivity index (χ1v) is 7.50. The predicted octanol–water partition coefficient (Wildman–Crippen LogP) is 2.34. The SMILES string of the molecule is CCNc1ncc(F)cc1C(=O)NCCC1CCCCO1. The molecule has 2 rings (SSSR count). The van der Waals surface area contributed by atoms with Gasteiger partial charge in [-0.3, -0.25) is 4.79 Å². The number of hydrogen-bond donors (Lipinski definition) is 2. The van der Waals surface area contributed by atoms with Crippen LogP contribution in [0.4, 0.5) is 10.2 Å². The van der Waals surface area contributed by atoms with Crippen molar-refractivity contribution in [3.8, 4) is 0 Å². The van der Waals surface area contributed by atoms with Crippen LogP contribution in [0.15, 0.2) is 12.3 Å². The number of ether oxygens (including phenoxy) is 1. The molecule has 6 heteroatoms. The van der Waals surface area contributed by atoms with Gasteiger partial charge in [-0.1, -0.05) is 0 Å². The molecular formula is C15H22FN3O2. The summed E-state index contributed by atoms with van der Waals surface area (Å²) in [5.74, 6) is -0.420. The largest absolute Gasteiger partial charge is 0.378 e. The molecule has 0 bridgehead atoms. The van der Waals surface area contributed by atoms with Crippen molar-refractivity contribution in [1.82, 2.24) is 10.3 Å². The van der Waals surface area contributed by atoms with E-state index in [1.54, 1.807) is 0 Å². The van der Waals surface area contributed by atoms with E-state index in [1.165, 1.54) is 12.5 Å². The number of hydrogen-bond acceptors (Lipinski definition) is 4. The Hall–Kier alpha value is -1.69. The molecule has 0 aliphatic carbocycles. The number of aromatic nitrogens is 1. The summed E-state index contributed by atoms with van der Waals surface area (Å²) in [6, 6.07) is 1.21. The van der Waals surface area contributed by atoms with Gasteiger partial charge in [-0.2, -0.15) is 0 Å². The zero-order valence-corrected chi connectivity index (χ0v) is 12.3. The molecule has 1 aliphatic heterocycles. The summed E-state index contributed by atoms with van der Waals surface area (Å²) in [7, 11) is 0. The number of carbonyl (C=O) groups excluding carboxylic acids is 1. The summed E-state index contributed by atoms with van der Waals surface area (Å²) in [5.41, 5.74) is 0.237. The lowest BCUT2D eigenvalue weighted by molar-refractivity contribution is 0.0117. The van der Waals surface area contributed by atoms with Crippen molar-refractivity contribution in [3.05, 3.63) is 23.6 Å². The molecule has 1 aromatic heterocycles. The molecular weight excluding hydrogens is 273 g/mol. The van der Waals surface area contributed by atoms with Crippen LogP contribution < -0.4 is 10.6 Å². The van der Waals surface area contributed by atoms with E-state index in [2.05, 4.69) is 15.6 Å². The second-order valence-electron chi connectivity index (χ2n) is 5.11. The lowest BCUT2D eigenvalue weighted by Crippen LogP contribution is -2.30. The van der Waals surface area contributed by atoms with E-state index in [4.69, 9.17) is 4.74 Å². The maximum atomic E-state index is 13.3. The van der Waals surface area contributed by atoms with Crippen LogP contribution in [0.1, 0.15) is 43.0 Å². The number of rotatable bonds is 6. The molecule has 1 aliphatic rings. The molecule has 1 saturated heterocycles. The molecule has 1 fully saturated rings. The Morgan fingerprint density at radius 3 is 3.10 bits per heavy atom. The third-order valence-electron chi connectivity index (χ3n) is 3.47. The highest BCUT2D eigenvalue weighted by atomic mass is 19.1. The maximum Gasteiger partial charge on any atom is 0.255 e. The minimum atomic E-state index is -0.516. The third kappa shape index (κ3) is 4.67. The van der Waals surface area contributed by atoms with Crippen LogP contribution >= 0.6 is 0 Å². The van der Waals surface area contributed by atoms with Crippen LogP contribution in [-0.2, 0) is 4.74 Å². The van der Waals surface area contributed by atoms with Crippen LogP contribution in [0.3, 0.4) is 0 Å². The Morgan fingerprint density at radius 2 is 2.38 bits per heavy atom. The fraction of sp³-hybridized carbons (Fsp3) is 0.600. The lowest BCUT2D eigenvalue weighted by Gasteiger charge is -2.22. The standard InChI is InChI=1S/C15H22FN3O2/c1-2-17-14-13(9-11(16)10-19-14)15(20)18-7-6-12-5-3-4-8-21-12/h9-10,12H,2-8H2,1H3,(H,17,19)(H,18,20). The van der Waals surface area contributed by atoms with E-state index in [1.807, 2.05) is 6.92 Å². The molecule has 116 valence electrons. The second-order valence-corrected chi connectivity index (χ2v) is 5.11. The van der Waals surface area contributed by atoms with Crippen molar-refractivity contribution in [2.24, 2.45) is 0 Å². The zero-order chi connectivity index (χ0) is 15.1. The molecule has 1 unspecified atom stereocenters. The number of nitrogens with one attached hydrogen (secondary N) is 2. The van der Waals surface area contributed by atoms with Gasteiger partial charge in [0.25, 0.3) is 5.91 Å². The Kier molecular flexibility index (Phi) is 5.92. The van der Waals surface area contributed by atoms with Gasteiger partial charge in [0.05, 0.1) is 17.9 Å². The summed E-state index contributed by atoms with van der Waals surface area (Å²) < 4.78 is 18.9. The van der Waals surface area contributed by atoms with Crippen molar-refractivity contribution in [2.45, 2.75) is 38.7 Å². The van der Waals surface area contributed by atoms with Gasteiger partial charge >= 0.3 is 0 Å². The number of amides is 1. The van der Waals surface area contributed by atoms with Crippen LogP contribution in [0, 0.1) is 5.82 Å². The highest BCUT2D eigenvalue weighted by molar-refractivity contribution is 5.98. The van der Waals surface area contributed by atoms with Crippen molar-refractivity contribution in [2.75, 3.05) is 25.0 Å². The van der Waals surface area contributed by atoms with Gasteiger partial charge in [0, 0.05) is 19.7 Å². The second kappa shape index (κ2) is 7.93. The Bertz CT molecular complexity index is 476. The van der Waals surface area contributed by atoms with Gasteiger partial charge in [0.2, 0.25) is 0 Å². The van der Waals surface area contributed by atoms with Gasteiger partial charge in [0.15, 0.2) is 0 Å². The first-order valence-electron chi connectivity index (χ1n) is 7.50. The Balaban J connectivity index is 1.88. The number of carbonyl (C=O) groups is 1. The van der Waals surface area contributed by atoms with Gasteiger partial charge in [-0.25, -0.2) is 9.37 Å². The van der Waals surface area contributed by atoms with E-state index in [9.17, 15) is 9.18 Å². The first kappa shape index (κ1) is 15.7. The molecule has 0 radical (unpaired) electrons. The van der Waals surface area contributed by atoms with Gasteiger partial charge in [-0.05, 0) is 38.7 Å². The number of pyridine rings is 1. The van der Waals surface area contributed by atoms with Crippen LogP contribution in [0.2, 0.25) is 0 Å².